The minimum atomic E-state index is -2.97. The van der Waals surface area contributed by atoms with Gasteiger partial charge in [0.05, 0.1) is 5.02 Å². The smallest absolute Gasteiger partial charge is 0.387 e. The van der Waals surface area contributed by atoms with Crippen LogP contribution < -0.4 is 19.5 Å². The van der Waals surface area contributed by atoms with E-state index in [4.69, 9.17) is 21.1 Å². The predicted octanol–water partition coefficient (Wildman–Crippen LogP) is 3.92. The summed E-state index contributed by atoms with van der Waals surface area (Å²) in [7, 11) is 0. The lowest BCUT2D eigenvalue weighted by Gasteiger charge is -2.10. The van der Waals surface area contributed by atoms with Crippen molar-refractivity contribution < 1.29 is 27.8 Å². The Morgan fingerprint density at radius 1 is 1.17 bits per heavy atom. The molecule has 2 aromatic rings. The van der Waals surface area contributed by atoms with Crippen molar-refractivity contribution in [2.75, 3.05) is 12.1 Å². The van der Waals surface area contributed by atoms with Gasteiger partial charge in [0, 0.05) is 11.3 Å². The molecule has 0 aromatic heterocycles. The molecule has 0 saturated heterocycles. The van der Waals surface area contributed by atoms with Gasteiger partial charge in [0.2, 0.25) is 6.79 Å². The van der Waals surface area contributed by atoms with E-state index in [0.717, 1.165) is 0 Å². The number of benzene rings is 2. The van der Waals surface area contributed by atoms with Crippen molar-refractivity contribution in [1.82, 2.24) is 0 Å². The minimum Gasteiger partial charge on any atom is -0.454 e. The van der Waals surface area contributed by atoms with Crippen LogP contribution in [0.1, 0.15) is 10.4 Å². The molecule has 0 unspecified atom stereocenters. The second kappa shape index (κ2) is 6.29. The first-order chi connectivity index (χ1) is 11.0. The summed E-state index contributed by atoms with van der Waals surface area (Å²) in [5.74, 6) is 0.485. The van der Waals surface area contributed by atoms with E-state index in [-0.39, 0.29) is 17.6 Å². The van der Waals surface area contributed by atoms with Gasteiger partial charge in [-0.15, -0.1) is 0 Å². The zero-order valence-corrected chi connectivity index (χ0v) is 12.3. The van der Waals surface area contributed by atoms with Crippen LogP contribution in [0.5, 0.6) is 17.2 Å². The molecule has 1 amide bonds. The Balaban J connectivity index is 1.74. The Morgan fingerprint density at radius 3 is 2.70 bits per heavy atom. The maximum atomic E-state index is 12.2. The van der Waals surface area contributed by atoms with Gasteiger partial charge in [-0.25, -0.2) is 0 Å². The number of rotatable bonds is 4. The van der Waals surface area contributed by atoms with Gasteiger partial charge < -0.3 is 19.5 Å². The molecular formula is C15H10ClF2NO4. The highest BCUT2D eigenvalue weighted by atomic mass is 35.5. The Bertz CT molecular complexity index is 754. The summed E-state index contributed by atoms with van der Waals surface area (Å²) < 4.78 is 38.9. The summed E-state index contributed by atoms with van der Waals surface area (Å²) in [4.78, 5) is 12.2. The fourth-order valence-electron chi connectivity index (χ4n) is 2.01. The van der Waals surface area contributed by atoms with Gasteiger partial charge in [-0.05, 0) is 36.4 Å². The first-order valence-corrected chi connectivity index (χ1v) is 6.86. The van der Waals surface area contributed by atoms with Crippen molar-refractivity contribution in [1.29, 1.82) is 0 Å². The van der Waals surface area contributed by atoms with Crippen LogP contribution in [-0.2, 0) is 0 Å². The molecule has 0 spiro atoms. The average molecular weight is 342 g/mol. The molecular weight excluding hydrogens is 332 g/mol. The van der Waals surface area contributed by atoms with Crippen LogP contribution in [0, 0.1) is 0 Å². The summed E-state index contributed by atoms with van der Waals surface area (Å²) in [5, 5.41) is 2.57. The summed E-state index contributed by atoms with van der Waals surface area (Å²) in [6.45, 7) is -2.86. The molecule has 1 N–H and O–H groups in total. The maximum Gasteiger partial charge on any atom is 0.387 e. The molecule has 0 saturated carbocycles. The van der Waals surface area contributed by atoms with Gasteiger partial charge in [0.15, 0.2) is 11.5 Å². The Morgan fingerprint density at radius 2 is 1.96 bits per heavy atom. The summed E-state index contributed by atoms with van der Waals surface area (Å²) in [6.07, 6.45) is 0. The lowest BCUT2D eigenvalue weighted by molar-refractivity contribution is -0.0497. The molecule has 1 aliphatic heterocycles. The highest BCUT2D eigenvalue weighted by Gasteiger charge is 2.17. The van der Waals surface area contributed by atoms with Gasteiger partial charge in [-0.1, -0.05) is 11.6 Å². The molecule has 0 bridgehead atoms. The van der Waals surface area contributed by atoms with Crippen molar-refractivity contribution in [2.45, 2.75) is 6.61 Å². The summed E-state index contributed by atoms with van der Waals surface area (Å²) in [6, 6.07) is 8.75. The highest BCUT2D eigenvalue weighted by Crippen LogP contribution is 2.33. The third-order valence-corrected chi connectivity index (χ3v) is 3.34. The lowest BCUT2D eigenvalue weighted by Crippen LogP contribution is -2.12. The van der Waals surface area contributed by atoms with E-state index in [1.807, 2.05) is 0 Å². The molecule has 1 aliphatic rings. The third kappa shape index (κ3) is 3.45. The first kappa shape index (κ1) is 15.4. The molecule has 3 rings (SSSR count). The number of anilines is 1. The van der Waals surface area contributed by atoms with E-state index in [1.54, 1.807) is 18.2 Å². The fourth-order valence-corrected chi connectivity index (χ4v) is 2.24. The van der Waals surface area contributed by atoms with Crippen molar-refractivity contribution in [2.24, 2.45) is 0 Å². The summed E-state index contributed by atoms with van der Waals surface area (Å²) >= 11 is 5.83. The number of halogens is 3. The van der Waals surface area contributed by atoms with Crippen LogP contribution in [-0.4, -0.2) is 19.3 Å². The molecule has 0 radical (unpaired) electrons. The largest absolute Gasteiger partial charge is 0.454 e. The number of amides is 1. The lowest BCUT2D eigenvalue weighted by atomic mass is 10.2. The first-order valence-electron chi connectivity index (χ1n) is 6.48. The van der Waals surface area contributed by atoms with Crippen molar-refractivity contribution in [3.63, 3.8) is 0 Å². The Labute approximate surface area is 134 Å². The number of carbonyl (C=O) groups is 1. The molecule has 5 nitrogen and oxygen atoms in total. The van der Waals surface area contributed by atoms with Crippen molar-refractivity contribution in [3.8, 4) is 17.2 Å². The molecule has 0 aliphatic carbocycles. The second-order valence-electron chi connectivity index (χ2n) is 4.55. The number of alkyl halides is 2. The number of hydrogen-bond donors (Lipinski definition) is 1. The predicted molar refractivity (Wildman–Crippen MR) is 78.6 cm³/mol. The Hall–Kier alpha value is -2.54. The fraction of sp³-hybridized carbons (Fsp3) is 0.133. The van der Waals surface area contributed by atoms with E-state index in [1.165, 1.54) is 18.2 Å². The minimum absolute atomic E-state index is 0.0335. The zero-order chi connectivity index (χ0) is 16.4. The van der Waals surface area contributed by atoms with Crippen LogP contribution in [0.3, 0.4) is 0 Å². The number of hydrogen-bond acceptors (Lipinski definition) is 4. The normalized spacial score (nSPS) is 12.3. The molecule has 1 heterocycles. The van der Waals surface area contributed by atoms with E-state index in [2.05, 4.69) is 10.1 Å². The molecule has 23 heavy (non-hydrogen) atoms. The standard InChI is InChI=1S/C15H10ClF2NO4/c16-10-6-9(2-4-11(10)23-15(17)18)19-14(20)8-1-3-12-13(5-8)22-7-21-12/h1-6,15H,7H2,(H,19,20). The zero-order valence-electron chi connectivity index (χ0n) is 11.5. The van der Waals surface area contributed by atoms with Crippen LogP contribution >= 0.6 is 11.6 Å². The molecule has 8 heteroatoms. The molecule has 0 fully saturated rings. The van der Waals surface area contributed by atoms with Gasteiger partial charge in [-0.2, -0.15) is 8.78 Å². The maximum absolute atomic E-state index is 12.2. The van der Waals surface area contributed by atoms with E-state index >= 15 is 0 Å². The van der Waals surface area contributed by atoms with Gasteiger partial charge in [0.1, 0.15) is 5.75 Å². The van der Waals surface area contributed by atoms with E-state index in [0.29, 0.717) is 22.7 Å². The third-order valence-electron chi connectivity index (χ3n) is 3.04. The second-order valence-corrected chi connectivity index (χ2v) is 4.95. The Kier molecular flexibility index (Phi) is 4.20. The topological polar surface area (TPSA) is 56.8 Å². The van der Waals surface area contributed by atoms with Crippen molar-refractivity contribution >= 4 is 23.2 Å². The molecule has 2 aromatic carbocycles. The average Bonchev–Trinajstić information content (AvgIpc) is 2.97. The van der Waals surface area contributed by atoms with Gasteiger partial charge in [0.25, 0.3) is 5.91 Å². The van der Waals surface area contributed by atoms with Gasteiger partial charge >= 0.3 is 6.61 Å². The van der Waals surface area contributed by atoms with Crippen LogP contribution in [0.25, 0.3) is 0 Å². The molecule has 0 atom stereocenters. The number of carbonyl (C=O) groups excluding carboxylic acids is 1. The van der Waals surface area contributed by atoms with Crippen molar-refractivity contribution in [3.05, 3.63) is 47.0 Å². The monoisotopic (exact) mass is 341 g/mol. The van der Waals surface area contributed by atoms with E-state index in [9.17, 15) is 13.6 Å². The van der Waals surface area contributed by atoms with Crippen LogP contribution in [0.15, 0.2) is 36.4 Å². The van der Waals surface area contributed by atoms with Gasteiger partial charge in [-0.3, -0.25) is 4.79 Å². The quantitative estimate of drug-likeness (QED) is 0.915. The van der Waals surface area contributed by atoms with E-state index < -0.39 is 12.5 Å². The number of ether oxygens (including phenoxy) is 3. The highest BCUT2D eigenvalue weighted by molar-refractivity contribution is 6.32. The molecule has 120 valence electrons. The van der Waals surface area contributed by atoms with Crippen LogP contribution in [0.2, 0.25) is 5.02 Å². The number of nitrogens with one attached hydrogen (secondary N) is 1. The SMILES string of the molecule is O=C(Nc1ccc(OC(F)F)c(Cl)c1)c1ccc2c(c1)OCO2. The van der Waals surface area contributed by atoms with Crippen LogP contribution in [0.4, 0.5) is 14.5 Å². The summed E-state index contributed by atoms with van der Waals surface area (Å²) in [5.41, 5.74) is 0.706. The number of fused-ring (bicyclic) bond motifs is 1.